The lowest BCUT2D eigenvalue weighted by Crippen LogP contribution is -2.51. The molecule has 100 valence electrons. The molecule has 0 bridgehead atoms. The number of halogens is 2. The molecule has 1 saturated heterocycles. The Morgan fingerprint density at radius 2 is 2.39 bits per heavy atom. The number of carbonyl (C=O) groups is 1. The van der Waals surface area contributed by atoms with Gasteiger partial charge in [-0.15, -0.1) is 11.3 Å². The third-order valence-electron chi connectivity index (χ3n) is 2.82. The van der Waals surface area contributed by atoms with Crippen LogP contribution >= 0.6 is 43.2 Å². The van der Waals surface area contributed by atoms with E-state index < -0.39 is 0 Å². The topological polar surface area (TPSA) is 55.6 Å². The number of nitrogens with zero attached hydrogens (tertiary/aromatic N) is 1. The van der Waals surface area contributed by atoms with Crippen LogP contribution < -0.4 is 5.73 Å². The second-order valence-corrected chi connectivity index (χ2v) is 7.48. The highest BCUT2D eigenvalue weighted by Crippen LogP contribution is 2.33. The van der Waals surface area contributed by atoms with Crippen molar-refractivity contribution in [2.75, 3.05) is 19.7 Å². The van der Waals surface area contributed by atoms with Gasteiger partial charge >= 0.3 is 0 Å². The van der Waals surface area contributed by atoms with E-state index in [-0.39, 0.29) is 18.1 Å². The minimum absolute atomic E-state index is 0.0420. The zero-order chi connectivity index (χ0) is 13.3. The zero-order valence-electron chi connectivity index (χ0n) is 9.86. The van der Waals surface area contributed by atoms with Crippen molar-refractivity contribution in [3.8, 4) is 0 Å². The smallest absolute Gasteiger partial charge is 0.264 e. The third-order valence-corrected chi connectivity index (χ3v) is 6.07. The van der Waals surface area contributed by atoms with Gasteiger partial charge in [-0.2, -0.15) is 0 Å². The Kier molecular flexibility index (Phi) is 4.82. The van der Waals surface area contributed by atoms with Crippen molar-refractivity contribution < 1.29 is 9.53 Å². The normalized spacial score (nSPS) is 22.0. The van der Waals surface area contributed by atoms with Crippen molar-refractivity contribution in [3.05, 3.63) is 19.2 Å². The Labute approximate surface area is 127 Å². The molecule has 2 heterocycles. The molecule has 1 aliphatic rings. The molecule has 2 rings (SSSR count). The summed E-state index contributed by atoms with van der Waals surface area (Å²) in [6.07, 6.45) is -0.0745. The van der Waals surface area contributed by atoms with Crippen LogP contribution in [0.15, 0.2) is 14.3 Å². The van der Waals surface area contributed by atoms with E-state index in [0.29, 0.717) is 19.7 Å². The maximum atomic E-state index is 12.3. The second-order valence-electron chi connectivity index (χ2n) is 4.25. The predicted molar refractivity (Wildman–Crippen MR) is 79.0 cm³/mol. The highest BCUT2D eigenvalue weighted by Gasteiger charge is 2.28. The predicted octanol–water partition coefficient (Wildman–Crippen LogP) is 2.46. The molecule has 7 heteroatoms. The van der Waals surface area contributed by atoms with Crippen LogP contribution in [0.25, 0.3) is 0 Å². The van der Waals surface area contributed by atoms with Crippen LogP contribution in [-0.2, 0) is 4.74 Å². The van der Waals surface area contributed by atoms with E-state index in [2.05, 4.69) is 31.9 Å². The maximum absolute atomic E-state index is 12.3. The van der Waals surface area contributed by atoms with E-state index >= 15 is 0 Å². The first kappa shape index (κ1) is 14.5. The molecule has 4 nitrogen and oxygen atoms in total. The van der Waals surface area contributed by atoms with Crippen molar-refractivity contribution in [3.63, 3.8) is 0 Å². The molecule has 0 saturated carbocycles. The van der Waals surface area contributed by atoms with Crippen LogP contribution in [0.5, 0.6) is 0 Å². The van der Waals surface area contributed by atoms with E-state index in [4.69, 9.17) is 10.5 Å². The number of thiophene rings is 1. The molecule has 1 amide bonds. The van der Waals surface area contributed by atoms with Crippen molar-refractivity contribution in [2.45, 2.75) is 19.1 Å². The first-order valence-corrected chi connectivity index (χ1v) is 8.00. The molecule has 0 radical (unpaired) electrons. The molecule has 18 heavy (non-hydrogen) atoms. The Bertz CT molecular complexity index is 431. The van der Waals surface area contributed by atoms with Gasteiger partial charge in [-0.1, -0.05) is 0 Å². The molecule has 2 N–H and O–H groups in total. The molecule has 2 unspecified atom stereocenters. The van der Waals surface area contributed by atoms with Crippen molar-refractivity contribution in [1.82, 2.24) is 4.90 Å². The van der Waals surface area contributed by atoms with Crippen LogP contribution in [0.3, 0.4) is 0 Å². The van der Waals surface area contributed by atoms with Crippen LogP contribution in [0.2, 0.25) is 0 Å². The van der Waals surface area contributed by atoms with Gasteiger partial charge in [0.05, 0.1) is 21.4 Å². The number of ether oxygens (including phenoxy) is 1. The van der Waals surface area contributed by atoms with Crippen molar-refractivity contribution >= 4 is 49.1 Å². The Morgan fingerprint density at radius 1 is 1.67 bits per heavy atom. The van der Waals surface area contributed by atoms with Gasteiger partial charge in [0, 0.05) is 23.6 Å². The Hall–Kier alpha value is 0.0500. The fraction of sp³-hybridized carbons (Fsp3) is 0.545. The largest absolute Gasteiger partial charge is 0.373 e. The van der Waals surface area contributed by atoms with Crippen LogP contribution in [-0.4, -0.2) is 42.6 Å². The van der Waals surface area contributed by atoms with Gasteiger partial charge in [0.1, 0.15) is 0 Å². The van der Waals surface area contributed by atoms with E-state index in [1.807, 2.05) is 17.9 Å². The average Bonchev–Trinajstić information content (AvgIpc) is 2.69. The lowest BCUT2D eigenvalue weighted by Gasteiger charge is -2.34. The molecule has 1 fully saturated rings. The van der Waals surface area contributed by atoms with Gasteiger partial charge < -0.3 is 15.4 Å². The zero-order valence-corrected chi connectivity index (χ0v) is 13.8. The number of hydrogen-bond donors (Lipinski definition) is 1. The van der Waals surface area contributed by atoms with Gasteiger partial charge in [0.15, 0.2) is 0 Å². The minimum Gasteiger partial charge on any atom is -0.373 e. The lowest BCUT2D eigenvalue weighted by molar-refractivity contribution is -0.0298. The SMILES string of the molecule is CC(N)C1CN(C(=O)c2cc(Br)c(Br)s2)CCO1. The molecule has 0 spiro atoms. The molecule has 0 aromatic carbocycles. The number of carbonyl (C=O) groups excluding carboxylic acids is 1. The van der Waals surface area contributed by atoms with Gasteiger partial charge in [-0.25, -0.2) is 0 Å². The monoisotopic (exact) mass is 396 g/mol. The Morgan fingerprint density at radius 3 is 2.94 bits per heavy atom. The van der Waals surface area contributed by atoms with Gasteiger partial charge in [-0.3, -0.25) is 4.79 Å². The standard InChI is InChI=1S/C11H14Br2N2O2S/c1-6(14)8-5-15(2-3-17-8)11(16)9-4-7(12)10(13)18-9/h4,6,8H,2-3,5,14H2,1H3. The molecule has 1 aromatic rings. The fourth-order valence-electron chi connectivity index (χ4n) is 1.79. The lowest BCUT2D eigenvalue weighted by atomic mass is 10.1. The quantitative estimate of drug-likeness (QED) is 0.833. The second kappa shape index (κ2) is 6.00. The van der Waals surface area contributed by atoms with Crippen molar-refractivity contribution in [2.24, 2.45) is 5.73 Å². The summed E-state index contributed by atoms with van der Waals surface area (Å²) >= 11 is 8.22. The van der Waals surface area contributed by atoms with E-state index in [1.54, 1.807) is 0 Å². The highest BCUT2D eigenvalue weighted by atomic mass is 79.9. The molecule has 1 aromatic heterocycles. The number of amides is 1. The summed E-state index contributed by atoms with van der Waals surface area (Å²) in [6.45, 7) is 3.63. The minimum atomic E-state index is -0.0745. The van der Waals surface area contributed by atoms with Crippen LogP contribution in [0.1, 0.15) is 16.6 Å². The average molecular weight is 398 g/mol. The fourth-order valence-corrected chi connectivity index (χ4v) is 3.79. The summed E-state index contributed by atoms with van der Waals surface area (Å²) in [4.78, 5) is 14.9. The number of morpholine rings is 1. The molecule has 0 aliphatic carbocycles. The summed E-state index contributed by atoms with van der Waals surface area (Å²) in [5.74, 6) is 0.0420. The first-order valence-electron chi connectivity index (χ1n) is 5.60. The first-order chi connectivity index (χ1) is 8.49. The third kappa shape index (κ3) is 3.14. The van der Waals surface area contributed by atoms with E-state index in [0.717, 1.165) is 13.1 Å². The van der Waals surface area contributed by atoms with Crippen LogP contribution in [0.4, 0.5) is 0 Å². The molecular weight excluding hydrogens is 384 g/mol. The van der Waals surface area contributed by atoms with Gasteiger partial charge in [0.2, 0.25) is 0 Å². The number of hydrogen-bond acceptors (Lipinski definition) is 4. The summed E-state index contributed by atoms with van der Waals surface area (Å²) in [5, 5.41) is 0. The van der Waals surface area contributed by atoms with Crippen LogP contribution in [0, 0.1) is 0 Å². The van der Waals surface area contributed by atoms with E-state index in [9.17, 15) is 4.79 Å². The maximum Gasteiger partial charge on any atom is 0.264 e. The number of nitrogens with two attached hydrogens (primary N) is 1. The van der Waals surface area contributed by atoms with E-state index in [1.165, 1.54) is 11.3 Å². The molecule has 1 aliphatic heterocycles. The summed E-state index contributed by atoms with van der Waals surface area (Å²) in [5.41, 5.74) is 5.82. The highest BCUT2D eigenvalue weighted by molar-refractivity contribution is 9.13. The van der Waals surface area contributed by atoms with Gasteiger partial charge in [0.25, 0.3) is 5.91 Å². The molecule has 2 atom stereocenters. The Balaban J connectivity index is 2.09. The number of rotatable bonds is 2. The molecular formula is C11H14Br2N2O2S. The summed E-state index contributed by atoms with van der Waals surface area (Å²) in [6, 6.07) is 1.77. The van der Waals surface area contributed by atoms with Crippen molar-refractivity contribution in [1.29, 1.82) is 0 Å². The summed E-state index contributed by atoms with van der Waals surface area (Å²) in [7, 11) is 0. The van der Waals surface area contributed by atoms with Gasteiger partial charge in [-0.05, 0) is 44.8 Å². The summed E-state index contributed by atoms with van der Waals surface area (Å²) < 4.78 is 7.39.